The fraction of sp³-hybridized carbons (Fsp3) is 0.350. The first-order chi connectivity index (χ1) is 23.7. The molecule has 0 bridgehead atoms. The average molecular weight is 667 g/mol. The molecular formula is C40H46N2O7. The van der Waals surface area contributed by atoms with Crippen LogP contribution in [0.25, 0.3) is 11.1 Å². The van der Waals surface area contributed by atoms with Crippen molar-refractivity contribution in [2.24, 2.45) is 0 Å². The molecule has 5 atom stereocenters. The number of likely N-dealkylation sites (N-methyl/N-ethyl adjacent to an activating group) is 1. The van der Waals surface area contributed by atoms with Crippen LogP contribution >= 0.6 is 0 Å². The molecule has 1 heterocycles. The molecule has 4 N–H and O–H groups in total. The number of amides is 1. The summed E-state index contributed by atoms with van der Waals surface area (Å²) in [5.41, 5.74) is 6.49. The van der Waals surface area contributed by atoms with Crippen molar-refractivity contribution < 1.29 is 34.4 Å². The molecule has 0 spiro atoms. The molecule has 4 aromatic carbocycles. The van der Waals surface area contributed by atoms with Crippen molar-refractivity contribution in [3.05, 3.63) is 131 Å². The van der Waals surface area contributed by atoms with Gasteiger partial charge in [0.1, 0.15) is 0 Å². The summed E-state index contributed by atoms with van der Waals surface area (Å²) in [7, 11) is 2.00. The summed E-state index contributed by atoms with van der Waals surface area (Å²) in [5, 5.41) is 32.4. The van der Waals surface area contributed by atoms with E-state index in [4.69, 9.17) is 14.6 Å². The molecule has 0 radical (unpaired) electrons. The predicted octanol–water partition coefficient (Wildman–Crippen LogP) is 6.32. The van der Waals surface area contributed by atoms with Crippen molar-refractivity contribution in [1.82, 2.24) is 10.2 Å². The lowest BCUT2D eigenvalue weighted by molar-refractivity contribution is -0.253. The molecule has 4 aromatic rings. The summed E-state index contributed by atoms with van der Waals surface area (Å²) in [6.07, 6.45) is -0.634. The molecule has 9 heteroatoms. The number of nitrogens with one attached hydrogen (secondary N) is 1. The largest absolute Gasteiger partial charge is 0.481 e. The van der Waals surface area contributed by atoms with Crippen LogP contribution in [0, 0.1) is 0 Å². The summed E-state index contributed by atoms with van der Waals surface area (Å²) < 4.78 is 13.2. The Morgan fingerprint density at radius 3 is 2.24 bits per heavy atom. The Balaban J connectivity index is 1.31. The topological polar surface area (TPSA) is 129 Å². The van der Waals surface area contributed by atoms with Gasteiger partial charge in [0, 0.05) is 44.0 Å². The zero-order valence-corrected chi connectivity index (χ0v) is 28.1. The number of carbonyl (C=O) groups is 2. The summed E-state index contributed by atoms with van der Waals surface area (Å²) in [6.45, 7) is 2.91. The first kappa shape index (κ1) is 35.9. The molecule has 258 valence electrons. The van der Waals surface area contributed by atoms with Crippen molar-refractivity contribution in [3.63, 3.8) is 0 Å². The molecule has 0 saturated carbocycles. The van der Waals surface area contributed by atoms with Gasteiger partial charge in [0.2, 0.25) is 5.91 Å². The summed E-state index contributed by atoms with van der Waals surface area (Å²) in [5.74, 6) is -1.09. The molecule has 0 aromatic heterocycles. The van der Waals surface area contributed by atoms with Crippen molar-refractivity contribution in [1.29, 1.82) is 0 Å². The maximum atomic E-state index is 12.3. The fourth-order valence-electron chi connectivity index (χ4n) is 6.15. The highest BCUT2D eigenvalue weighted by molar-refractivity contribution is 5.77. The van der Waals surface area contributed by atoms with E-state index in [9.17, 15) is 19.8 Å². The van der Waals surface area contributed by atoms with Crippen LogP contribution in [0.5, 0.6) is 0 Å². The number of aliphatic hydroxyl groups excluding tert-OH is 2. The minimum atomic E-state index is -0.908. The Bertz CT molecular complexity index is 1650. The third kappa shape index (κ3) is 9.84. The lowest BCUT2D eigenvalue weighted by Crippen LogP contribution is -2.43. The second-order valence-electron chi connectivity index (χ2n) is 12.7. The van der Waals surface area contributed by atoms with Crippen LogP contribution < -0.4 is 5.32 Å². The first-order valence-corrected chi connectivity index (χ1v) is 16.8. The summed E-state index contributed by atoms with van der Waals surface area (Å²) in [4.78, 5) is 25.2. The molecule has 1 aliphatic rings. The van der Waals surface area contributed by atoms with E-state index in [0.29, 0.717) is 25.9 Å². The van der Waals surface area contributed by atoms with E-state index in [0.717, 1.165) is 38.9 Å². The van der Waals surface area contributed by atoms with Gasteiger partial charge in [-0.25, -0.2) is 0 Å². The predicted molar refractivity (Wildman–Crippen MR) is 187 cm³/mol. The molecule has 1 aliphatic heterocycles. The van der Waals surface area contributed by atoms with E-state index >= 15 is 0 Å². The zero-order chi connectivity index (χ0) is 34.8. The molecule has 1 amide bonds. The van der Waals surface area contributed by atoms with Crippen LogP contribution in [0.2, 0.25) is 0 Å². The molecule has 0 aliphatic carbocycles. The fourth-order valence-corrected chi connectivity index (χ4v) is 6.15. The van der Waals surface area contributed by atoms with Gasteiger partial charge in [-0.1, -0.05) is 103 Å². The molecule has 1 saturated heterocycles. The molecule has 1 fully saturated rings. The molecular weight excluding hydrogens is 620 g/mol. The van der Waals surface area contributed by atoms with Gasteiger partial charge in [0.25, 0.3) is 0 Å². The van der Waals surface area contributed by atoms with Crippen LogP contribution in [-0.2, 0) is 32.2 Å². The van der Waals surface area contributed by atoms with Crippen molar-refractivity contribution in [2.45, 2.75) is 76.4 Å². The van der Waals surface area contributed by atoms with Gasteiger partial charge >= 0.3 is 5.97 Å². The summed E-state index contributed by atoms with van der Waals surface area (Å²) in [6, 6.07) is 33.2. The third-order valence-corrected chi connectivity index (χ3v) is 9.18. The van der Waals surface area contributed by atoms with E-state index in [1.165, 1.54) is 0 Å². The van der Waals surface area contributed by atoms with Crippen LogP contribution in [-0.4, -0.2) is 57.8 Å². The van der Waals surface area contributed by atoms with E-state index in [1.54, 1.807) is 0 Å². The Labute approximate surface area is 288 Å². The lowest BCUT2D eigenvalue weighted by Gasteiger charge is -2.39. The van der Waals surface area contributed by atoms with Gasteiger partial charge in [-0.2, -0.15) is 0 Å². The van der Waals surface area contributed by atoms with Gasteiger partial charge in [-0.15, -0.1) is 0 Å². The lowest BCUT2D eigenvalue weighted by atomic mass is 9.97. The van der Waals surface area contributed by atoms with Gasteiger partial charge in [0.15, 0.2) is 6.29 Å². The highest BCUT2D eigenvalue weighted by Gasteiger charge is 2.34. The number of benzene rings is 4. The van der Waals surface area contributed by atoms with Crippen LogP contribution in [0.1, 0.15) is 78.9 Å². The number of carbonyl (C=O) groups excluding carboxylic acids is 1. The van der Waals surface area contributed by atoms with Gasteiger partial charge in [-0.05, 0) is 53.8 Å². The minimum absolute atomic E-state index is 0.0266. The number of aliphatic hydroxyl groups is 2. The molecule has 5 unspecified atom stereocenters. The number of hydrogen-bond donors (Lipinski definition) is 4. The van der Waals surface area contributed by atoms with Gasteiger partial charge in [-0.3, -0.25) is 14.5 Å². The average Bonchev–Trinajstić information content (AvgIpc) is 3.13. The van der Waals surface area contributed by atoms with Gasteiger partial charge in [0.05, 0.1) is 24.9 Å². The standard InChI is InChI=1S/C40H46N2O7/c1-27(39(47)31-9-4-3-5-10-31)42(2)25-34-23-36(30-17-15-28(26-43)16-18-30)49-40(48-34)32-21-19-29(20-22-32)35-12-7-6-11-33(35)24-41-37(44)13-8-14-38(45)46/h3-7,9-12,15-22,27,34,36,39-40,43,47H,8,13-14,23-26H2,1-2H3,(H,41,44)(H,45,46). The smallest absolute Gasteiger partial charge is 0.303 e. The van der Waals surface area contributed by atoms with Crippen molar-refractivity contribution in [2.75, 3.05) is 13.6 Å². The number of rotatable bonds is 15. The number of carboxylic acid groups (broad SMARTS) is 1. The number of ether oxygens (including phenoxy) is 2. The quantitative estimate of drug-likeness (QED) is 0.116. The van der Waals surface area contributed by atoms with Crippen LogP contribution in [0.3, 0.4) is 0 Å². The van der Waals surface area contributed by atoms with E-state index < -0.39 is 18.4 Å². The SMILES string of the molecule is CC(C(O)c1ccccc1)N(C)CC1CC(c2ccc(CO)cc2)OC(c2ccc(-c3ccccc3CNC(=O)CCCC(=O)O)cc2)O1. The Hall–Kier alpha value is -4.38. The van der Waals surface area contributed by atoms with Gasteiger partial charge < -0.3 is 30.1 Å². The molecule has 49 heavy (non-hydrogen) atoms. The molecule has 5 rings (SSSR count). The number of nitrogens with zero attached hydrogens (tertiary/aromatic N) is 1. The number of hydrogen-bond acceptors (Lipinski definition) is 7. The zero-order valence-electron chi connectivity index (χ0n) is 28.1. The Morgan fingerprint density at radius 2 is 1.55 bits per heavy atom. The molecule has 9 nitrogen and oxygen atoms in total. The Kier molecular flexibility index (Phi) is 12.7. The van der Waals surface area contributed by atoms with E-state index in [1.807, 2.05) is 117 Å². The maximum absolute atomic E-state index is 12.3. The van der Waals surface area contributed by atoms with Crippen LogP contribution in [0.4, 0.5) is 0 Å². The Morgan fingerprint density at radius 1 is 0.878 bits per heavy atom. The highest BCUT2D eigenvalue weighted by Crippen LogP contribution is 2.39. The van der Waals surface area contributed by atoms with E-state index in [2.05, 4.69) is 10.2 Å². The van der Waals surface area contributed by atoms with Crippen molar-refractivity contribution in [3.8, 4) is 11.1 Å². The first-order valence-electron chi connectivity index (χ1n) is 16.8. The maximum Gasteiger partial charge on any atom is 0.303 e. The normalized spacial score (nSPS) is 18.9. The monoisotopic (exact) mass is 666 g/mol. The second kappa shape index (κ2) is 17.3. The third-order valence-electron chi connectivity index (χ3n) is 9.18. The minimum Gasteiger partial charge on any atom is -0.481 e. The highest BCUT2D eigenvalue weighted by atomic mass is 16.7. The van der Waals surface area contributed by atoms with E-state index in [-0.39, 0.29) is 43.6 Å². The number of aliphatic carboxylic acids is 1. The van der Waals surface area contributed by atoms with Crippen LogP contribution in [0.15, 0.2) is 103 Å². The second-order valence-corrected chi connectivity index (χ2v) is 12.7. The summed E-state index contributed by atoms with van der Waals surface area (Å²) >= 11 is 0. The number of carboxylic acids is 1. The van der Waals surface area contributed by atoms with Crippen molar-refractivity contribution >= 4 is 11.9 Å².